The van der Waals surface area contributed by atoms with Crippen molar-refractivity contribution in [1.82, 2.24) is 0 Å². The van der Waals surface area contributed by atoms with Crippen LogP contribution in [0.1, 0.15) is 31.2 Å². The molecule has 0 saturated carbocycles. The van der Waals surface area contributed by atoms with Gasteiger partial charge in [0, 0.05) is 13.0 Å². The molecule has 0 bridgehead atoms. The Labute approximate surface area is 119 Å². The zero-order valence-corrected chi connectivity index (χ0v) is 13.5. The molecule has 1 rings (SSSR count). The van der Waals surface area contributed by atoms with Crippen molar-refractivity contribution < 1.29 is 4.74 Å². The molecular formula is C17H26OSi. The van der Waals surface area contributed by atoms with Crippen molar-refractivity contribution >= 4 is 8.07 Å². The van der Waals surface area contributed by atoms with Gasteiger partial charge in [0.1, 0.15) is 8.07 Å². The van der Waals surface area contributed by atoms with Crippen molar-refractivity contribution in [3.05, 3.63) is 35.9 Å². The summed E-state index contributed by atoms with van der Waals surface area (Å²) in [6.07, 6.45) is 4.60. The van der Waals surface area contributed by atoms with Gasteiger partial charge in [0.25, 0.3) is 0 Å². The Morgan fingerprint density at radius 3 is 2.42 bits per heavy atom. The van der Waals surface area contributed by atoms with Crippen molar-refractivity contribution in [2.45, 2.75) is 51.9 Å². The van der Waals surface area contributed by atoms with Crippen LogP contribution in [0.3, 0.4) is 0 Å². The van der Waals surface area contributed by atoms with Gasteiger partial charge in [0.15, 0.2) is 0 Å². The van der Waals surface area contributed by atoms with Crippen LogP contribution in [0.5, 0.6) is 0 Å². The van der Waals surface area contributed by atoms with Crippen molar-refractivity contribution in [3.63, 3.8) is 0 Å². The Morgan fingerprint density at radius 2 is 1.74 bits per heavy atom. The Balaban J connectivity index is 1.96. The highest BCUT2D eigenvalue weighted by Crippen LogP contribution is 2.04. The van der Waals surface area contributed by atoms with E-state index in [-0.39, 0.29) is 0 Å². The van der Waals surface area contributed by atoms with Crippen LogP contribution in [0, 0.1) is 11.5 Å². The highest BCUT2D eigenvalue weighted by atomic mass is 28.3. The molecule has 0 aliphatic rings. The average molecular weight is 274 g/mol. The van der Waals surface area contributed by atoms with Gasteiger partial charge in [-0.05, 0) is 18.4 Å². The third-order valence-corrected chi connectivity index (χ3v) is 3.59. The summed E-state index contributed by atoms with van der Waals surface area (Å²) in [7, 11) is -1.16. The first-order chi connectivity index (χ1) is 9.08. The Morgan fingerprint density at radius 1 is 1.00 bits per heavy atom. The van der Waals surface area contributed by atoms with E-state index in [1.165, 1.54) is 18.4 Å². The highest BCUT2D eigenvalue weighted by Gasteiger charge is 2.06. The molecule has 0 saturated heterocycles. The third kappa shape index (κ3) is 9.52. The van der Waals surface area contributed by atoms with Crippen molar-refractivity contribution in [1.29, 1.82) is 0 Å². The molecule has 2 heteroatoms. The van der Waals surface area contributed by atoms with Crippen LogP contribution in [0.4, 0.5) is 0 Å². The summed E-state index contributed by atoms with van der Waals surface area (Å²) < 4.78 is 5.65. The zero-order valence-electron chi connectivity index (χ0n) is 12.5. The van der Waals surface area contributed by atoms with Crippen molar-refractivity contribution in [2.24, 2.45) is 0 Å². The van der Waals surface area contributed by atoms with E-state index in [1.807, 2.05) is 6.07 Å². The van der Waals surface area contributed by atoms with Crippen LogP contribution in [0.15, 0.2) is 30.3 Å². The van der Waals surface area contributed by atoms with Crippen LogP contribution >= 0.6 is 0 Å². The molecule has 1 aromatic carbocycles. The molecule has 0 heterocycles. The lowest BCUT2D eigenvalue weighted by Gasteiger charge is -2.04. The number of hydrogen-bond donors (Lipinski definition) is 0. The fourth-order valence-corrected chi connectivity index (χ4v) is 2.34. The maximum Gasteiger partial charge on any atom is 0.129 e. The van der Waals surface area contributed by atoms with Gasteiger partial charge < -0.3 is 4.74 Å². The standard InChI is InChI=1S/C17H26OSi/c1-19(2,3)15-11-6-4-5-10-14-18-16-17-12-8-7-9-13-17/h7-9,12-13H,4-6,10,14,16H2,1-3H3. The topological polar surface area (TPSA) is 9.23 Å². The van der Waals surface area contributed by atoms with Gasteiger partial charge >= 0.3 is 0 Å². The minimum Gasteiger partial charge on any atom is -0.377 e. The maximum atomic E-state index is 5.65. The van der Waals surface area contributed by atoms with Gasteiger partial charge in [-0.3, -0.25) is 0 Å². The summed E-state index contributed by atoms with van der Waals surface area (Å²) in [4.78, 5) is 0. The SMILES string of the molecule is C[Si](C)(C)C#CCCCCCOCc1ccccc1. The first-order valence-corrected chi connectivity index (χ1v) is 10.7. The summed E-state index contributed by atoms with van der Waals surface area (Å²) in [5.74, 6) is 3.31. The molecule has 104 valence electrons. The molecule has 0 atom stereocenters. The summed E-state index contributed by atoms with van der Waals surface area (Å²) >= 11 is 0. The molecule has 0 amide bonds. The van der Waals surface area contributed by atoms with Gasteiger partial charge in [-0.25, -0.2) is 0 Å². The molecule has 19 heavy (non-hydrogen) atoms. The predicted molar refractivity (Wildman–Crippen MR) is 85.7 cm³/mol. The zero-order chi connectivity index (χ0) is 14.0. The van der Waals surface area contributed by atoms with Gasteiger partial charge in [-0.1, -0.05) is 56.4 Å². The normalized spacial score (nSPS) is 10.9. The van der Waals surface area contributed by atoms with Gasteiger partial charge in [0.2, 0.25) is 0 Å². The highest BCUT2D eigenvalue weighted by molar-refractivity contribution is 6.83. The second-order valence-electron chi connectivity index (χ2n) is 5.90. The van der Waals surface area contributed by atoms with E-state index in [9.17, 15) is 0 Å². The number of benzene rings is 1. The molecule has 1 aromatic rings. The van der Waals surface area contributed by atoms with Crippen molar-refractivity contribution in [2.75, 3.05) is 6.61 Å². The fourth-order valence-electron chi connectivity index (χ4n) is 1.69. The van der Waals surface area contributed by atoms with E-state index in [1.54, 1.807) is 0 Å². The minimum atomic E-state index is -1.16. The molecule has 0 unspecified atom stereocenters. The monoisotopic (exact) mass is 274 g/mol. The van der Waals surface area contributed by atoms with Crippen LogP contribution in [-0.2, 0) is 11.3 Å². The molecule has 1 nitrogen and oxygen atoms in total. The first-order valence-electron chi connectivity index (χ1n) is 7.20. The molecule has 0 N–H and O–H groups in total. The number of hydrogen-bond acceptors (Lipinski definition) is 1. The molecular weight excluding hydrogens is 248 g/mol. The lowest BCUT2D eigenvalue weighted by molar-refractivity contribution is 0.117. The Kier molecular flexibility index (Phi) is 7.55. The quantitative estimate of drug-likeness (QED) is 0.400. The number of unbranched alkanes of at least 4 members (excludes halogenated alkanes) is 3. The largest absolute Gasteiger partial charge is 0.377 e. The van der Waals surface area contributed by atoms with E-state index in [0.717, 1.165) is 26.1 Å². The average Bonchev–Trinajstić information content (AvgIpc) is 2.37. The molecule has 0 radical (unpaired) electrons. The second-order valence-corrected chi connectivity index (χ2v) is 10.7. The predicted octanol–water partition coefficient (Wildman–Crippen LogP) is 4.64. The maximum absolute atomic E-state index is 5.65. The smallest absolute Gasteiger partial charge is 0.129 e. The van der Waals surface area contributed by atoms with Crippen LogP contribution < -0.4 is 0 Å². The van der Waals surface area contributed by atoms with Crippen LogP contribution in [0.25, 0.3) is 0 Å². The van der Waals surface area contributed by atoms with E-state index >= 15 is 0 Å². The minimum absolute atomic E-state index is 0.732. The summed E-state index contributed by atoms with van der Waals surface area (Å²) in [5.41, 5.74) is 4.66. The fraction of sp³-hybridized carbons (Fsp3) is 0.529. The van der Waals surface area contributed by atoms with E-state index < -0.39 is 8.07 Å². The second kappa shape index (κ2) is 8.96. The summed E-state index contributed by atoms with van der Waals surface area (Å²) in [5, 5.41) is 0. The molecule has 0 spiro atoms. The number of rotatable bonds is 7. The lowest BCUT2D eigenvalue weighted by atomic mass is 10.2. The van der Waals surface area contributed by atoms with Gasteiger partial charge in [0.05, 0.1) is 6.61 Å². The Bertz CT molecular complexity index is 395. The molecule has 0 fully saturated rings. The van der Waals surface area contributed by atoms with Gasteiger partial charge in [-0.15, -0.1) is 11.5 Å². The first kappa shape index (κ1) is 16.0. The van der Waals surface area contributed by atoms with Crippen molar-refractivity contribution in [3.8, 4) is 11.5 Å². The van der Waals surface area contributed by atoms with Gasteiger partial charge in [-0.2, -0.15) is 0 Å². The summed E-state index contributed by atoms with van der Waals surface area (Å²) in [6.45, 7) is 8.46. The van der Waals surface area contributed by atoms with E-state index in [0.29, 0.717) is 0 Å². The van der Waals surface area contributed by atoms with E-state index in [4.69, 9.17) is 4.74 Å². The number of ether oxygens (including phenoxy) is 1. The molecule has 0 aliphatic heterocycles. The lowest BCUT2D eigenvalue weighted by Crippen LogP contribution is -2.16. The van der Waals surface area contributed by atoms with E-state index in [2.05, 4.69) is 55.4 Å². The van der Waals surface area contributed by atoms with Crippen LogP contribution in [-0.4, -0.2) is 14.7 Å². The Hall–Kier alpha value is -1.04. The van der Waals surface area contributed by atoms with Crippen LogP contribution in [0.2, 0.25) is 19.6 Å². The molecule has 0 aliphatic carbocycles. The molecule has 0 aromatic heterocycles. The third-order valence-electron chi connectivity index (χ3n) is 2.67. The summed E-state index contributed by atoms with van der Waals surface area (Å²) in [6, 6.07) is 10.3.